The van der Waals surface area contributed by atoms with Crippen molar-refractivity contribution in [1.82, 2.24) is 0 Å². The molecule has 4 heteroatoms. The lowest BCUT2D eigenvalue weighted by Gasteiger charge is -2.08. The number of hydrogen-bond acceptors (Lipinski definition) is 2. The van der Waals surface area contributed by atoms with Gasteiger partial charge in [0.1, 0.15) is 5.75 Å². The molecule has 90 valence electrons. The minimum atomic E-state index is 0.0295. The first-order valence-corrected chi connectivity index (χ1v) is 7.59. The van der Waals surface area contributed by atoms with Crippen LogP contribution in [0.1, 0.15) is 16.5 Å². The average molecular weight is 379 g/mol. The van der Waals surface area contributed by atoms with Crippen molar-refractivity contribution in [3.63, 3.8) is 0 Å². The summed E-state index contributed by atoms with van der Waals surface area (Å²) in [5.41, 5.74) is 2.40. The number of hydrogen-bond donors (Lipinski definition) is 0. The highest BCUT2D eigenvalue weighted by atomic mass is 127. The standard InChI is InChI=1S/C13H12ClIOS/c1-16-11-4-2-3-9(5-11)6-12(14)10-7-13(15)17-8-10/h2-5,7-8,12H,6H2,1H3. The van der Waals surface area contributed by atoms with Crippen LogP contribution in [0.15, 0.2) is 35.7 Å². The number of ether oxygens (including phenoxy) is 1. The van der Waals surface area contributed by atoms with Gasteiger partial charge in [-0.3, -0.25) is 0 Å². The van der Waals surface area contributed by atoms with E-state index < -0.39 is 0 Å². The molecule has 1 aromatic heterocycles. The molecular weight excluding hydrogens is 367 g/mol. The van der Waals surface area contributed by atoms with Crippen molar-refractivity contribution in [3.8, 4) is 5.75 Å². The molecule has 0 amide bonds. The van der Waals surface area contributed by atoms with Gasteiger partial charge >= 0.3 is 0 Å². The van der Waals surface area contributed by atoms with Crippen LogP contribution in [-0.2, 0) is 6.42 Å². The Hall–Kier alpha value is -0.260. The van der Waals surface area contributed by atoms with Gasteiger partial charge in [-0.2, -0.15) is 0 Å². The molecule has 0 spiro atoms. The predicted octanol–water partition coefficient (Wildman–Crippen LogP) is 4.88. The van der Waals surface area contributed by atoms with Crippen molar-refractivity contribution in [2.24, 2.45) is 0 Å². The molecule has 2 aromatic rings. The molecule has 0 fully saturated rings. The van der Waals surface area contributed by atoms with Gasteiger partial charge in [0.25, 0.3) is 0 Å². The molecule has 1 nitrogen and oxygen atoms in total. The molecule has 0 saturated carbocycles. The van der Waals surface area contributed by atoms with Crippen LogP contribution >= 0.6 is 45.5 Å². The smallest absolute Gasteiger partial charge is 0.119 e. The van der Waals surface area contributed by atoms with Crippen LogP contribution in [0.4, 0.5) is 0 Å². The van der Waals surface area contributed by atoms with Crippen LogP contribution in [-0.4, -0.2) is 7.11 Å². The number of methoxy groups -OCH3 is 1. The molecule has 0 aliphatic carbocycles. The normalized spacial score (nSPS) is 12.4. The summed E-state index contributed by atoms with van der Waals surface area (Å²) in [5.74, 6) is 0.881. The molecule has 0 aliphatic heterocycles. The Bertz CT molecular complexity index is 498. The van der Waals surface area contributed by atoms with Gasteiger partial charge in [0.15, 0.2) is 0 Å². The fraction of sp³-hybridized carbons (Fsp3) is 0.231. The maximum atomic E-state index is 6.41. The summed E-state index contributed by atoms with van der Waals surface area (Å²) in [7, 11) is 1.68. The summed E-state index contributed by atoms with van der Waals surface area (Å²) in [6.45, 7) is 0. The van der Waals surface area contributed by atoms with Gasteiger partial charge < -0.3 is 4.74 Å². The van der Waals surface area contributed by atoms with Crippen molar-refractivity contribution in [2.45, 2.75) is 11.8 Å². The van der Waals surface area contributed by atoms with Gasteiger partial charge in [-0.05, 0) is 63.7 Å². The van der Waals surface area contributed by atoms with Crippen molar-refractivity contribution < 1.29 is 4.74 Å². The van der Waals surface area contributed by atoms with Gasteiger partial charge in [0.2, 0.25) is 0 Å². The maximum absolute atomic E-state index is 6.41. The van der Waals surface area contributed by atoms with E-state index in [4.69, 9.17) is 16.3 Å². The van der Waals surface area contributed by atoms with E-state index in [2.05, 4.69) is 40.1 Å². The molecule has 0 saturated heterocycles. The summed E-state index contributed by atoms with van der Waals surface area (Å²) in [5, 5.41) is 2.15. The van der Waals surface area contributed by atoms with Gasteiger partial charge in [0.05, 0.1) is 15.4 Å². The molecule has 1 heterocycles. The zero-order valence-electron chi connectivity index (χ0n) is 9.32. The topological polar surface area (TPSA) is 9.23 Å². The van der Waals surface area contributed by atoms with E-state index in [1.807, 2.05) is 18.2 Å². The quantitative estimate of drug-likeness (QED) is 0.544. The molecule has 17 heavy (non-hydrogen) atoms. The van der Waals surface area contributed by atoms with E-state index in [-0.39, 0.29) is 5.38 Å². The van der Waals surface area contributed by atoms with Crippen LogP contribution in [0.25, 0.3) is 0 Å². The van der Waals surface area contributed by atoms with E-state index in [1.54, 1.807) is 18.4 Å². The van der Waals surface area contributed by atoms with Gasteiger partial charge in [-0.1, -0.05) is 12.1 Å². The third kappa shape index (κ3) is 3.60. The summed E-state index contributed by atoms with van der Waals surface area (Å²) in [6.07, 6.45) is 0.825. The van der Waals surface area contributed by atoms with E-state index in [0.29, 0.717) is 0 Å². The number of halogens is 2. The first-order valence-electron chi connectivity index (χ1n) is 5.20. The van der Waals surface area contributed by atoms with Crippen molar-refractivity contribution >= 4 is 45.5 Å². The fourth-order valence-corrected chi connectivity index (χ4v) is 3.42. The van der Waals surface area contributed by atoms with Gasteiger partial charge in [-0.25, -0.2) is 0 Å². The molecular formula is C13H12ClIOS. The summed E-state index contributed by atoms with van der Waals surface area (Å²) < 4.78 is 6.48. The van der Waals surface area contributed by atoms with E-state index in [9.17, 15) is 0 Å². The lowest BCUT2D eigenvalue weighted by molar-refractivity contribution is 0.414. The predicted molar refractivity (Wildman–Crippen MR) is 82.3 cm³/mol. The second-order valence-corrected chi connectivity index (χ2v) is 7.04. The molecule has 2 rings (SSSR count). The molecule has 1 unspecified atom stereocenters. The molecule has 0 aliphatic rings. The molecule has 0 N–H and O–H groups in total. The summed E-state index contributed by atoms with van der Waals surface area (Å²) in [4.78, 5) is 0. The first-order chi connectivity index (χ1) is 8.19. The third-order valence-electron chi connectivity index (χ3n) is 2.50. The molecule has 1 atom stereocenters. The van der Waals surface area contributed by atoms with Crippen LogP contribution in [0.5, 0.6) is 5.75 Å². The Balaban J connectivity index is 2.09. The Morgan fingerprint density at radius 3 is 2.88 bits per heavy atom. The van der Waals surface area contributed by atoms with E-state index in [0.717, 1.165) is 12.2 Å². The van der Waals surface area contributed by atoms with Crippen molar-refractivity contribution in [2.75, 3.05) is 7.11 Å². The SMILES string of the molecule is COc1cccc(CC(Cl)c2csc(I)c2)c1. The summed E-state index contributed by atoms with van der Waals surface area (Å²) in [6, 6.07) is 10.2. The number of alkyl halides is 1. The number of benzene rings is 1. The largest absolute Gasteiger partial charge is 0.497 e. The van der Waals surface area contributed by atoms with Gasteiger partial charge in [-0.15, -0.1) is 22.9 Å². The molecule has 1 aromatic carbocycles. The highest BCUT2D eigenvalue weighted by molar-refractivity contribution is 14.1. The van der Waals surface area contributed by atoms with Crippen LogP contribution in [0.2, 0.25) is 0 Å². The highest BCUT2D eigenvalue weighted by Crippen LogP contribution is 2.30. The van der Waals surface area contributed by atoms with E-state index >= 15 is 0 Å². The number of rotatable bonds is 4. The second kappa shape index (κ2) is 6.07. The zero-order chi connectivity index (χ0) is 12.3. The Morgan fingerprint density at radius 1 is 1.41 bits per heavy atom. The zero-order valence-corrected chi connectivity index (χ0v) is 13.1. The third-order valence-corrected chi connectivity index (χ3v) is 4.71. The van der Waals surface area contributed by atoms with E-state index in [1.165, 1.54) is 14.0 Å². The van der Waals surface area contributed by atoms with Crippen LogP contribution < -0.4 is 4.74 Å². The first kappa shape index (κ1) is 13.2. The fourth-order valence-electron chi connectivity index (χ4n) is 1.61. The molecule has 0 radical (unpaired) electrons. The van der Waals surface area contributed by atoms with Crippen molar-refractivity contribution in [3.05, 3.63) is 49.7 Å². The lowest BCUT2D eigenvalue weighted by Crippen LogP contribution is -1.95. The Labute approximate surface area is 124 Å². The Kier molecular flexibility index (Phi) is 4.70. The minimum Gasteiger partial charge on any atom is -0.497 e. The lowest BCUT2D eigenvalue weighted by atomic mass is 10.1. The second-order valence-electron chi connectivity index (χ2n) is 3.71. The maximum Gasteiger partial charge on any atom is 0.119 e. The molecule has 0 bridgehead atoms. The van der Waals surface area contributed by atoms with Gasteiger partial charge in [0, 0.05) is 0 Å². The highest BCUT2D eigenvalue weighted by Gasteiger charge is 2.11. The average Bonchev–Trinajstić information content (AvgIpc) is 2.76. The number of thiophene rings is 1. The minimum absolute atomic E-state index is 0.0295. The monoisotopic (exact) mass is 378 g/mol. The van der Waals surface area contributed by atoms with Crippen LogP contribution in [0, 0.1) is 2.88 Å². The summed E-state index contributed by atoms with van der Waals surface area (Å²) >= 11 is 10.5. The Morgan fingerprint density at radius 2 is 2.24 bits per heavy atom. The van der Waals surface area contributed by atoms with Crippen LogP contribution in [0.3, 0.4) is 0 Å². The van der Waals surface area contributed by atoms with Crippen molar-refractivity contribution in [1.29, 1.82) is 0 Å².